The van der Waals surface area contributed by atoms with E-state index < -0.39 is 0 Å². The summed E-state index contributed by atoms with van der Waals surface area (Å²) in [5.74, 6) is -0.0306. The van der Waals surface area contributed by atoms with Crippen LogP contribution >= 0.6 is 0 Å². The number of nitrogens with zero attached hydrogens (tertiary/aromatic N) is 1. The standard InChI is InChI=1S/C21H21N3O/c1-16(17-8-3-2-4-9-17)14-23-24-21(25)15-22-20-13-7-11-18-10-5-6-12-19(18)20/h2-14,16,22H,15H2,1H3,(H,24,25). The fourth-order valence-electron chi connectivity index (χ4n) is 2.66. The number of carbonyl (C=O) groups is 1. The average molecular weight is 331 g/mol. The van der Waals surface area contributed by atoms with Crippen molar-refractivity contribution in [1.29, 1.82) is 0 Å². The van der Waals surface area contributed by atoms with E-state index in [0.717, 1.165) is 22.0 Å². The van der Waals surface area contributed by atoms with Crippen LogP contribution in [-0.2, 0) is 4.79 Å². The zero-order valence-corrected chi connectivity index (χ0v) is 14.1. The van der Waals surface area contributed by atoms with Gasteiger partial charge >= 0.3 is 0 Å². The third kappa shape index (κ3) is 4.44. The molecular formula is C21H21N3O. The summed E-state index contributed by atoms with van der Waals surface area (Å²) in [5, 5.41) is 9.47. The van der Waals surface area contributed by atoms with Crippen LogP contribution in [-0.4, -0.2) is 18.7 Å². The first kappa shape index (κ1) is 16.7. The number of hydrazone groups is 1. The maximum Gasteiger partial charge on any atom is 0.259 e. The highest BCUT2D eigenvalue weighted by atomic mass is 16.2. The van der Waals surface area contributed by atoms with Crippen LogP contribution in [0.15, 0.2) is 77.9 Å². The van der Waals surface area contributed by atoms with Gasteiger partial charge in [0.15, 0.2) is 0 Å². The zero-order valence-electron chi connectivity index (χ0n) is 14.1. The fourth-order valence-corrected chi connectivity index (χ4v) is 2.66. The summed E-state index contributed by atoms with van der Waals surface area (Å²) in [6, 6.07) is 24.1. The van der Waals surface area contributed by atoms with E-state index >= 15 is 0 Å². The second kappa shape index (κ2) is 8.11. The second-order valence-electron chi connectivity index (χ2n) is 5.89. The Balaban J connectivity index is 1.53. The van der Waals surface area contributed by atoms with Gasteiger partial charge in [0.05, 0.1) is 6.54 Å². The number of benzene rings is 3. The highest BCUT2D eigenvalue weighted by Gasteiger charge is 2.04. The minimum absolute atomic E-state index is 0.146. The molecule has 0 aliphatic carbocycles. The van der Waals surface area contributed by atoms with Crippen LogP contribution in [0, 0.1) is 0 Å². The number of carbonyl (C=O) groups excluding carboxylic acids is 1. The third-order valence-electron chi connectivity index (χ3n) is 4.04. The van der Waals surface area contributed by atoms with E-state index in [9.17, 15) is 4.79 Å². The van der Waals surface area contributed by atoms with Gasteiger partial charge in [0, 0.05) is 23.2 Å². The Kier molecular flexibility index (Phi) is 5.42. The summed E-state index contributed by atoms with van der Waals surface area (Å²) in [6.07, 6.45) is 1.74. The second-order valence-corrected chi connectivity index (χ2v) is 5.89. The Hall–Kier alpha value is -3.14. The molecule has 1 unspecified atom stereocenters. The van der Waals surface area contributed by atoms with E-state index in [1.165, 1.54) is 0 Å². The number of nitrogens with one attached hydrogen (secondary N) is 2. The van der Waals surface area contributed by atoms with E-state index in [1.54, 1.807) is 6.21 Å². The van der Waals surface area contributed by atoms with Gasteiger partial charge in [0.1, 0.15) is 0 Å². The van der Waals surface area contributed by atoms with E-state index in [0.29, 0.717) is 0 Å². The van der Waals surface area contributed by atoms with Crippen molar-refractivity contribution in [1.82, 2.24) is 5.43 Å². The molecular weight excluding hydrogens is 310 g/mol. The summed E-state index contributed by atoms with van der Waals surface area (Å²) < 4.78 is 0. The largest absolute Gasteiger partial charge is 0.376 e. The molecule has 0 aliphatic heterocycles. The maximum absolute atomic E-state index is 12.0. The van der Waals surface area contributed by atoms with Crippen LogP contribution in [0.5, 0.6) is 0 Å². The van der Waals surface area contributed by atoms with E-state index in [2.05, 4.69) is 28.0 Å². The molecule has 0 fully saturated rings. The number of hydrogen-bond donors (Lipinski definition) is 2. The molecule has 0 saturated heterocycles. The van der Waals surface area contributed by atoms with Crippen LogP contribution in [0.2, 0.25) is 0 Å². The Bertz CT molecular complexity index is 869. The lowest BCUT2D eigenvalue weighted by molar-refractivity contribution is -0.119. The quantitative estimate of drug-likeness (QED) is 0.526. The molecule has 2 N–H and O–H groups in total. The number of hydrogen-bond acceptors (Lipinski definition) is 3. The van der Waals surface area contributed by atoms with Gasteiger partial charge in [-0.2, -0.15) is 5.10 Å². The predicted molar refractivity (Wildman–Crippen MR) is 104 cm³/mol. The Morgan fingerprint density at radius 1 is 1.00 bits per heavy atom. The summed E-state index contributed by atoms with van der Waals surface area (Å²) in [5.41, 5.74) is 4.67. The van der Waals surface area contributed by atoms with E-state index in [4.69, 9.17) is 0 Å². The molecule has 126 valence electrons. The van der Waals surface area contributed by atoms with Crippen LogP contribution in [0.3, 0.4) is 0 Å². The SMILES string of the molecule is CC(C=NNC(=O)CNc1cccc2ccccc12)c1ccccc1. The van der Waals surface area contributed by atoms with Gasteiger partial charge in [-0.15, -0.1) is 0 Å². The zero-order chi connectivity index (χ0) is 17.5. The van der Waals surface area contributed by atoms with E-state index in [1.807, 2.05) is 67.6 Å². The van der Waals surface area contributed by atoms with Crippen molar-refractivity contribution < 1.29 is 4.79 Å². The third-order valence-corrected chi connectivity index (χ3v) is 4.04. The summed E-state index contributed by atoms with van der Waals surface area (Å²) in [7, 11) is 0. The summed E-state index contributed by atoms with van der Waals surface area (Å²) in [6.45, 7) is 2.21. The molecule has 0 bridgehead atoms. The molecule has 3 aromatic carbocycles. The van der Waals surface area contributed by atoms with Crippen LogP contribution < -0.4 is 10.7 Å². The molecule has 4 heteroatoms. The fraction of sp³-hybridized carbons (Fsp3) is 0.143. The molecule has 25 heavy (non-hydrogen) atoms. The molecule has 0 spiro atoms. The lowest BCUT2D eigenvalue weighted by Crippen LogP contribution is -2.26. The monoisotopic (exact) mass is 331 g/mol. The average Bonchev–Trinajstić information content (AvgIpc) is 2.67. The molecule has 4 nitrogen and oxygen atoms in total. The van der Waals surface area contributed by atoms with Gasteiger partial charge in [-0.1, -0.05) is 73.7 Å². The summed E-state index contributed by atoms with van der Waals surface area (Å²) in [4.78, 5) is 12.0. The first-order valence-electron chi connectivity index (χ1n) is 8.32. The van der Waals surface area contributed by atoms with Crippen molar-refractivity contribution >= 4 is 28.6 Å². The van der Waals surface area contributed by atoms with Gasteiger partial charge < -0.3 is 5.32 Å². The first-order valence-corrected chi connectivity index (χ1v) is 8.32. The molecule has 0 saturated carbocycles. The highest BCUT2D eigenvalue weighted by molar-refractivity contribution is 5.95. The van der Waals surface area contributed by atoms with Gasteiger partial charge in [0.2, 0.25) is 0 Å². The molecule has 0 radical (unpaired) electrons. The van der Waals surface area contributed by atoms with Crippen LogP contribution in [0.4, 0.5) is 5.69 Å². The number of rotatable bonds is 6. The van der Waals surface area contributed by atoms with Crippen molar-refractivity contribution in [2.75, 3.05) is 11.9 Å². The van der Waals surface area contributed by atoms with Crippen molar-refractivity contribution in [2.24, 2.45) is 5.10 Å². The minimum Gasteiger partial charge on any atom is -0.376 e. The van der Waals surface area contributed by atoms with E-state index in [-0.39, 0.29) is 18.4 Å². The number of anilines is 1. The molecule has 0 aromatic heterocycles. The molecule has 1 atom stereocenters. The lowest BCUT2D eigenvalue weighted by atomic mass is 10.0. The van der Waals surface area contributed by atoms with Gasteiger partial charge in [0.25, 0.3) is 5.91 Å². The number of fused-ring (bicyclic) bond motifs is 1. The normalized spacial score (nSPS) is 12.2. The predicted octanol–water partition coefficient (Wildman–Crippen LogP) is 4.16. The van der Waals surface area contributed by atoms with Crippen LogP contribution in [0.1, 0.15) is 18.4 Å². The number of amides is 1. The van der Waals surface area contributed by atoms with Crippen molar-refractivity contribution in [3.05, 3.63) is 78.4 Å². The Morgan fingerprint density at radius 2 is 1.72 bits per heavy atom. The van der Waals surface area contributed by atoms with Crippen molar-refractivity contribution in [3.8, 4) is 0 Å². The molecule has 0 aliphatic rings. The maximum atomic E-state index is 12.0. The topological polar surface area (TPSA) is 53.5 Å². The molecule has 0 heterocycles. The van der Waals surface area contributed by atoms with Gasteiger partial charge in [-0.25, -0.2) is 5.43 Å². The lowest BCUT2D eigenvalue weighted by Gasteiger charge is -2.09. The molecule has 1 amide bonds. The first-order chi connectivity index (χ1) is 12.2. The Labute approximate surface area is 147 Å². The van der Waals surface area contributed by atoms with Gasteiger partial charge in [-0.05, 0) is 17.0 Å². The Morgan fingerprint density at radius 3 is 2.56 bits per heavy atom. The van der Waals surface area contributed by atoms with Crippen molar-refractivity contribution in [2.45, 2.75) is 12.8 Å². The summed E-state index contributed by atoms with van der Waals surface area (Å²) >= 11 is 0. The van der Waals surface area contributed by atoms with Crippen molar-refractivity contribution in [3.63, 3.8) is 0 Å². The molecule has 3 rings (SSSR count). The molecule has 3 aromatic rings. The van der Waals surface area contributed by atoms with Crippen LogP contribution in [0.25, 0.3) is 10.8 Å². The smallest absolute Gasteiger partial charge is 0.259 e. The highest BCUT2D eigenvalue weighted by Crippen LogP contribution is 2.22. The van der Waals surface area contributed by atoms with Gasteiger partial charge in [-0.3, -0.25) is 4.79 Å². The minimum atomic E-state index is -0.176.